The summed E-state index contributed by atoms with van der Waals surface area (Å²) in [4.78, 5) is 4.90. The van der Waals surface area contributed by atoms with Crippen LogP contribution in [0.15, 0.2) is 72.1 Å². The molecule has 0 unspecified atom stereocenters. The van der Waals surface area contributed by atoms with Crippen molar-refractivity contribution < 1.29 is 0 Å². The van der Waals surface area contributed by atoms with Crippen LogP contribution in [-0.4, -0.2) is 16.5 Å². The molecular formula is C19H22N2. The molecule has 1 aliphatic heterocycles. The minimum Gasteiger partial charge on any atom is -0.352 e. The van der Waals surface area contributed by atoms with Gasteiger partial charge in [0.15, 0.2) is 0 Å². The second-order valence-electron chi connectivity index (χ2n) is 5.68. The van der Waals surface area contributed by atoms with Gasteiger partial charge in [-0.1, -0.05) is 60.7 Å². The average molecular weight is 278 g/mol. The topological polar surface area (TPSA) is 6.48 Å². The predicted molar refractivity (Wildman–Crippen MR) is 87.2 cm³/mol. The second-order valence-corrected chi connectivity index (χ2v) is 5.68. The van der Waals surface area contributed by atoms with Gasteiger partial charge in [0.1, 0.15) is 0 Å². The van der Waals surface area contributed by atoms with Crippen LogP contribution in [0, 0.1) is 0 Å². The quantitative estimate of drug-likeness (QED) is 0.826. The molecule has 0 spiro atoms. The molecular weight excluding hydrogens is 256 g/mol. The molecule has 1 heterocycles. The molecule has 0 aromatic heterocycles. The maximum atomic E-state index is 2.45. The van der Waals surface area contributed by atoms with Gasteiger partial charge in [0.25, 0.3) is 0 Å². The normalized spacial score (nSPS) is 15.0. The summed E-state index contributed by atoms with van der Waals surface area (Å²) in [5.74, 6) is 0. The Bertz CT molecular complexity index is 561. The van der Waals surface area contributed by atoms with Crippen molar-refractivity contribution in [1.82, 2.24) is 9.80 Å². The Labute approximate surface area is 127 Å². The Kier molecular flexibility index (Phi) is 3.96. The maximum Gasteiger partial charge on any atom is 0.0905 e. The summed E-state index contributed by atoms with van der Waals surface area (Å²) in [5, 5.41) is 0. The van der Waals surface area contributed by atoms with E-state index >= 15 is 0 Å². The number of rotatable bonds is 4. The molecule has 1 aliphatic rings. The summed E-state index contributed by atoms with van der Waals surface area (Å²) < 4.78 is 0. The van der Waals surface area contributed by atoms with Gasteiger partial charge >= 0.3 is 0 Å². The summed E-state index contributed by atoms with van der Waals surface area (Å²) in [6, 6.07) is 21.4. The molecule has 0 atom stereocenters. The Balaban J connectivity index is 1.70. The van der Waals surface area contributed by atoms with E-state index in [1.165, 1.54) is 22.5 Å². The van der Waals surface area contributed by atoms with Crippen molar-refractivity contribution >= 4 is 0 Å². The first-order valence-corrected chi connectivity index (χ1v) is 7.49. The van der Waals surface area contributed by atoms with Gasteiger partial charge < -0.3 is 9.80 Å². The summed E-state index contributed by atoms with van der Waals surface area (Å²) in [5.41, 5.74) is 5.50. The number of hydrogen-bond acceptors (Lipinski definition) is 2. The molecule has 21 heavy (non-hydrogen) atoms. The zero-order valence-corrected chi connectivity index (χ0v) is 12.8. The lowest BCUT2D eigenvalue weighted by molar-refractivity contribution is 0.236. The van der Waals surface area contributed by atoms with E-state index in [-0.39, 0.29) is 0 Å². The second kappa shape index (κ2) is 6.04. The van der Waals surface area contributed by atoms with Crippen LogP contribution in [0.25, 0.3) is 0 Å². The molecule has 0 bridgehead atoms. The SMILES string of the molecule is CC1=C(C)N(Cc2ccccc2)CN1Cc1ccccc1. The van der Waals surface area contributed by atoms with Gasteiger partial charge in [-0.25, -0.2) is 0 Å². The van der Waals surface area contributed by atoms with Gasteiger partial charge in [-0.05, 0) is 25.0 Å². The molecule has 0 fully saturated rings. The van der Waals surface area contributed by atoms with Crippen LogP contribution in [0.3, 0.4) is 0 Å². The average Bonchev–Trinajstić information content (AvgIpc) is 2.78. The molecule has 0 saturated carbocycles. The van der Waals surface area contributed by atoms with E-state index in [1.807, 2.05) is 0 Å². The van der Waals surface area contributed by atoms with Crippen LogP contribution < -0.4 is 0 Å². The molecule has 108 valence electrons. The van der Waals surface area contributed by atoms with E-state index in [1.54, 1.807) is 0 Å². The minimum atomic E-state index is 0.974. The van der Waals surface area contributed by atoms with Gasteiger partial charge in [-0.15, -0.1) is 0 Å². The van der Waals surface area contributed by atoms with Crippen molar-refractivity contribution in [3.05, 3.63) is 83.2 Å². The van der Waals surface area contributed by atoms with Crippen LogP contribution >= 0.6 is 0 Å². The van der Waals surface area contributed by atoms with E-state index < -0.39 is 0 Å². The lowest BCUT2D eigenvalue weighted by Gasteiger charge is -2.24. The third kappa shape index (κ3) is 3.10. The van der Waals surface area contributed by atoms with E-state index in [2.05, 4.69) is 84.3 Å². The molecule has 2 nitrogen and oxygen atoms in total. The van der Waals surface area contributed by atoms with Gasteiger partial charge in [0.05, 0.1) is 6.67 Å². The first-order valence-electron chi connectivity index (χ1n) is 7.49. The van der Waals surface area contributed by atoms with Crippen molar-refractivity contribution in [1.29, 1.82) is 0 Å². The summed E-state index contributed by atoms with van der Waals surface area (Å²) in [6.45, 7) is 7.39. The smallest absolute Gasteiger partial charge is 0.0905 e. The van der Waals surface area contributed by atoms with Crippen LogP contribution in [-0.2, 0) is 13.1 Å². The lowest BCUT2D eigenvalue weighted by atomic mass is 10.2. The molecule has 0 amide bonds. The maximum absolute atomic E-state index is 2.45. The number of hydrogen-bond donors (Lipinski definition) is 0. The van der Waals surface area contributed by atoms with Crippen molar-refractivity contribution in [2.24, 2.45) is 0 Å². The Morgan fingerprint density at radius 1 is 0.667 bits per heavy atom. The Morgan fingerprint density at radius 2 is 1.05 bits per heavy atom. The standard InChI is InChI=1S/C19H22N2/c1-16-17(2)21(14-19-11-7-4-8-12-19)15-20(16)13-18-9-5-3-6-10-18/h3-12H,13-15H2,1-2H3. The van der Waals surface area contributed by atoms with Gasteiger partial charge in [0, 0.05) is 24.5 Å². The summed E-state index contributed by atoms with van der Waals surface area (Å²) in [6.07, 6.45) is 0. The number of allylic oxidation sites excluding steroid dienone is 2. The monoisotopic (exact) mass is 278 g/mol. The summed E-state index contributed by atoms with van der Waals surface area (Å²) in [7, 11) is 0. The van der Waals surface area contributed by atoms with E-state index in [9.17, 15) is 0 Å². The number of benzene rings is 2. The van der Waals surface area contributed by atoms with Crippen molar-refractivity contribution in [3.8, 4) is 0 Å². The molecule has 2 heteroatoms. The fraction of sp³-hybridized carbons (Fsp3) is 0.263. The van der Waals surface area contributed by atoms with Crippen molar-refractivity contribution in [3.63, 3.8) is 0 Å². The van der Waals surface area contributed by atoms with Crippen LogP contribution in [0.5, 0.6) is 0 Å². The fourth-order valence-corrected chi connectivity index (χ4v) is 2.82. The highest BCUT2D eigenvalue weighted by Gasteiger charge is 2.23. The highest BCUT2D eigenvalue weighted by atomic mass is 15.4. The molecule has 0 saturated heterocycles. The van der Waals surface area contributed by atoms with Gasteiger partial charge in [-0.3, -0.25) is 0 Å². The summed E-state index contributed by atoms with van der Waals surface area (Å²) >= 11 is 0. The fourth-order valence-electron chi connectivity index (χ4n) is 2.82. The first-order chi connectivity index (χ1) is 10.2. The first kappa shape index (κ1) is 13.7. The van der Waals surface area contributed by atoms with Gasteiger partial charge in [0.2, 0.25) is 0 Å². The minimum absolute atomic E-state index is 0.974. The third-order valence-corrected chi connectivity index (χ3v) is 4.25. The number of nitrogens with zero attached hydrogens (tertiary/aromatic N) is 2. The molecule has 0 radical (unpaired) electrons. The molecule has 2 aromatic carbocycles. The zero-order valence-electron chi connectivity index (χ0n) is 12.8. The Morgan fingerprint density at radius 3 is 1.43 bits per heavy atom. The molecule has 0 aliphatic carbocycles. The molecule has 2 aromatic rings. The Hall–Kier alpha value is -2.22. The van der Waals surface area contributed by atoms with Gasteiger partial charge in [-0.2, -0.15) is 0 Å². The van der Waals surface area contributed by atoms with Crippen LogP contribution in [0.2, 0.25) is 0 Å². The van der Waals surface area contributed by atoms with E-state index in [0.29, 0.717) is 0 Å². The highest BCUT2D eigenvalue weighted by Crippen LogP contribution is 2.26. The van der Waals surface area contributed by atoms with E-state index in [0.717, 1.165) is 19.8 Å². The van der Waals surface area contributed by atoms with Crippen molar-refractivity contribution in [2.75, 3.05) is 6.67 Å². The third-order valence-electron chi connectivity index (χ3n) is 4.25. The predicted octanol–water partition coefficient (Wildman–Crippen LogP) is 4.21. The van der Waals surface area contributed by atoms with E-state index in [4.69, 9.17) is 0 Å². The lowest BCUT2D eigenvalue weighted by Crippen LogP contribution is -2.26. The molecule has 0 N–H and O–H groups in total. The molecule has 3 rings (SSSR count). The van der Waals surface area contributed by atoms with Crippen LogP contribution in [0.1, 0.15) is 25.0 Å². The largest absolute Gasteiger partial charge is 0.352 e. The van der Waals surface area contributed by atoms with Crippen molar-refractivity contribution in [2.45, 2.75) is 26.9 Å². The van der Waals surface area contributed by atoms with Crippen LogP contribution in [0.4, 0.5) is 0 Å². The zero-order chi connectivity index (χ0) is 14.7. The highest BCUT2D eigenvalue weighted by molar-refractivity contribution is 5.21.